The summed E-state index contributed by atoms with van der Waals surface area (Å²) in [5, 5.41) is 0. The van der Waals surface area contributed by atoms with Gasteiger partial charge >= 0.3 is 0 Å². The number of nitrogens with two attached hydrogens (primary N) is 1. The number of para-hydroxylation sites is 2. The topological polar surface area (TPSA) is 41.7 Å². The van der Waals surface area contributed by atoms with Gasteiger partial charge in [0.25, 0.3) is 0 Å². The largest absolute Gasteiger partial charge is 0.495 e. The van der Waals surface area contributed by atoms with Gasteiger partial charge in [-0.1, -0.05) is 32.4 Å². The number of hydrogen-bond donors (Lipinski definition) is 1. The summed E-state index contributed by atoms with van der Waals surface area (Å²) in [4.78, 5) is 4.90. The van der Waals surface area contributed by atoms with E-state index in [4.69, 9.17) is 10.5 Å². The summed E-state index contributed by atoms with van der Waals surface area (Å²) in [5.74, 6) is 1.56. The SMILES string of the molecule is CCC(C)C(N)CN1CCN(c2ccccc2OC)CC1. The van der Waals surface area contributed by atoms with Crippen LogP contribution in [0.15, 0.2) is 24.3 Å². The molecule has 1 aromatic carbocycles. The van der Waals surface area contributed by atoms with Crippen molar-refractivity contribution < 1.29 is 4.74 Å². The molecule has 1 aliphatic heterocycles. The molecule has 0 radical (unpaired) electrons. The van der Waals surface area contributed by atoms with Crippen LogP contribution in [-0.4, -0.2) is 50.8 Å². The van der Waals surface area contributed by atoms with Gasteiger partial charge in [0, 0.05) is 38.8 Å². The van der Waals surface area contributed by atoms with Crippen LogP contribution in [0.5, 0.6) is 5.75 Å². The van der Waals surface area contributed by atoms with E-state index in [1.165, 1.54) is 5.69 Å². The minimum atomic E-state index is 0.285. The van der Waals surface area contributed by atoms with Crippen LogP contribution >= 0.6 is 0 Å². The lowest BCUT2D eigenvalue weighted by atomic mass is 9.99. The molecule has 0 aliphatic carbocycles. The number of anilines is 1. The zero-order chi connectivity index (χ0) is 15.2. The molecular formula is C17H29N3O. The second-order valence-electron chi connectivity index (χ2n) is 6.01. The van der Waals surface area contributed by atoms with E-state index < -0.39 is 0 Å². The first kappa shape index (κ1) is 16.1. The second kappa shape index (κ2) is 7.66. The van der Waals surface area contributed by atoms with E-state index >= 15 is 0 Å². The van der Waals surface area contributed by atoms with Crippen molar-refractivity contribution in [1.82, 2.24) is 4.90 Å². The maximum Gasteiger partial charge on any atom is 0.142 e. The number of methoxy groups -OCH3 is 1. The molecule has 21 heavy (non-hydrogen) atoms. The maximum absolute atomic E-state index is 6.27. The molecule has 2 rings (SSSR count). The predicted molar refractivity (Wildman–Crippen MR) is 89.1 cm³/mol. The number of piperazine rings is 1. The Labute approximate surface area is 128 Å². The zero-order valence-electron chi connectivity index (χ0n) is 13.6. The number of nitrogens with zero attached hydrogens (tertiary/aromatic N) is 2. The molecule has 4 nitrogen and oxygen atoms in total. The van der Waals surface area contributed by atoms with Crippen LogP contribution in [0.1, 0.15) is 20.3 Å². The molecule has 4 heteroatoms. The number of hydrogen-bond acceptors (Lipinski definition) is 4. The summed E-state index contributed by atoms with van der Waals surface area (Å²) in [6.45, 7) is 9.68. The summed E-state index contributed by atoms with van der Waals surface area (Å²) < 4.78 is 5.46. The van der Waals surface area contributed by atoms with E-state index in [9.17, 15) is 0 Å². The summed E-state index contributed by atoms with van der Waals surface area (Å²) in [6, 6.07) is 8.54. The van der Waals surface area contributed by atoms with Crippen molar-refractivity contribution in [2.24, 2.45) is 11.7 Å². The first-order valence-electron chi connectivity index (χ1n) is 8.01. The predicted octanol–water partition coefficient (Wildman–Crippen LogP) is 2.19. The van der Waals surface area contributed by atoms with Crippen LogP contribution < -0.4 is 15.4 Å². The van der Waals surface area contributed by atoms with Crippen molar-refractivity contribution in [3.05, 3.63) is 24.3 Å². The minimum absolute atomic E-state index is 0.285. The normalized spacial score (nSPS) is 19.3. The number of benzene rings is 1. The molecule has 0 spiro atoms. The summed E-state index contributed by atoms with van der Waals surface area (Å²) >= 11 is 0. The Hall–Kier alpha value is -1.26. The molecule has 0 saturated carbocycles. The molecule has 0 aromatic heterocycles. The van der Waals surface area contributed by atoms with Crippen molar-refractivity contribution in [3.8, 4) is 5.75 Å². The Balaban J connectivity index is 1.88. The first-order chi connectivity index (χ1) is 10.2. The lowest BCUT2D eigenvalue weighted by molar-refractivity contribution is 0.220. The molecule has 1 aromatic rings. The van der Waals surface area contributed by atoms with Gasteiger partial charge in [-0.2, -0.15) is 0 Å². The second-order valence-corrected chi connectivity index (χ2v) is 6.01. The molecule has 118 valence electrons. The third kappa shape index (κ3) is 4.11. The van der Waals surface area contributed by atoms with Crippen molar-refractivity contribution >= 4 is 5.69 Å². The highest BCUT2D eigenvalue weighted by molar-refractivity contribution is 5.58. The molecule has 2 atom stereocenters. The highest BCUT2D eigenvalue weighted by atomic mass is 16.5. The Morgan fingerprint density at radius 2 is 1.86 bits per heavy atom. The van der Waals surface area contributed by atoms with E-state index in [0.29, 0.717) is 5.92 Å². The Kier molecular flexibility index (Phi) is 5.88. The van der Waals surface area contributed by atoms with E-state index in [1.54, 1.807) is 7.11 Å². The van der Waals surface area contributed by atoms with Crippen LogP contribution in [-0.2, 0) is 0 Å². The van der Waals surface area contributed by atoms with Crippen LogP contribution in [0.25, 0.3) is 0 Å². The molecule has 1 aliphatic rings. The Morgan fingerprint density at radius 1 is 1.19 bits per heavy atom. The smallest absolute Gasteiger partial charge is 0.142 e. The molecule has 1 heterocycles. The van der Waals surface area contributed by atoms with E-state index in [-0.39, 0.29) is 6.04 Å². The van der Waals surface area contributed by atoms with Crippen molar-refractivity contribution in [3.63, 3.8) is 0 Å². The van der Waals surface area contributed by atoms with Gasteiger partial charge in [-0.3, -0.25) is 4.90 Å². The maximum atomic E-state index is 6.27. The van der Waals surface area contributed by atoms with Gasteiger partial charge in [0.15, 0.2) is 0 Å². The lowest BCUT2D eigenvalue weighted by Crippen LogP contribution is -2.51. The van der Waals surface area contributed by atoms with Gasteiger partial charge in [-0.15, -0.1) is 0 Å². The van der Waals surface area contributed by atoms with Crippen molar-refractivity contribution in [2.75, 3.05) is 44.7 Å². The molecular weight excluding hydrogens is 262 g/mol. The number of ether oxygens (including phenoxy) is 1. The fourth-order valence-electron chi connectivity index (χ4n) is 2.84. The minimum Gasteiger partial charge on any atom is -0.495 e. The molecule has 0 amide bonds. The highest BCUT2D eigenvalue weighted by Crippen LogP contribution is 2.28. The van der Waals surface area contributed by atoms with Gasteiger partial charge in [-0.05, 0) is 18.1 Å². The summed E-state index contributed by atoms with van der Waals surface area (Å²) in [6.07, 6.45) is 1.16. The summed E-state index contributed by atoms with van der Waals surface area (Å²) in [7, 11) is 1.74. The van der Waals surface area contributed by atoms with Gasteiger partial charge in [0.05, 0.1) is 12.8 Å². The monoisotopic (exact) mass is 291 g/mol. The lowest BCUT2D eigenvalue weighted by Gasteiger charge is -2.38. The van der Waals surface area contributed by atoms with Gasteiger partial charge < -0.3 is 15.4 Å². The Morgan fingerprint density at radius 3 is 2.48 bits per heavy atom. The molecule has 0 bridgehead atoms. The molecule has 2 N–H and O–H groups in total. The average molecular weight is 291 g/mol. The fourth-order valence-corrected chi connectivity index (χ4v) is 2.84. The average Bonchev–Trinajstić information content (AvgIpc) is 2.54. The highest BCUT2D eigenvalue weighted by Gasteiger charge is 2.22. The van der Waals surface area contributed by atoms with Crippen LogP contribution in [0, 0.1) is 5.92 Å². The Bertz CT molecular complexity index is 430. The van der Waals surface area contributed by atoms with Crippen LogP contribution in [0.3, 0.4) is 0 Å². The quantitative estimate of drug-likeness (QED) is 0.872. The van der Waals surface area contributed by atoms with Gasteiger partial charge in [0.2, 0.25) is 0 Å². The van der Waals surface area contributed by atoms with Crippen molar-refractivity contribution in [1.29, 1.82) is 0 Å². The molecule has 1 fully saturated rings. The third-order valence-electron chi connectivity index (χ3n) is 4.64. The first-order valence-corrected chi connectivity index (χ1v) is 8.01. The van der Waals surface area contributed by atoms with Crippen LogP contribution in [0.4, 0.5) is 5.69 Å². The third-order valence-corrected chi connectivity index (χ3v) is 4.64. The van der Waals surface area contributed by atoms with Crippen LogP contribution in [0.2, 0.25) is 0 Å². The van der Waals surface area contributed by atoms with Gasteiger partial charge in [-0.25, -0.2) is 0 Å². The van der Waals surface area contributed by atoms with E-state index in [2.05, 4.69) is 35.8 Å². The molecule has 2 unspecified atom stereocenters. The zero-order valence-corrected chi connectivity index (χ0v) is 13.6. The van der Waals surface area contributed by atoms with Crippen molar-refractivity contribution in [2.45, 2.75) is 26.3 Å². The summed E-state index contributed by atoms with van der Waals surface area (Å²) in [5.41, 5.74) is 7.47. The van der Waals surface area contributed by atoms with E-state index in [0.717, 1.165) is 44.9 Å². The van der Waals surface area contributed by atoms with Gasteiger partial charge in [0.1, 0.15) is 5.75 Å². The molecule has 1 saturated heterocycles. The standard InChI is InChI=1S/C17H29N3O/c1-4-14(2)15(18)13-19-9-11-20(12-10-19)16-7-5-6-8-17(16)21-3/h5-8,14-15H,4,9-13,18H2,1-3H3. The van der Waals surface area contributed by atoms with E-state index in [1.807, 2.05) is 12.1 Å². The number of rotatable bonds is 6. The fraction of sp³-hybridized carbons (Fsp3) is 0.647.